The van der Waals surface area contributed by atoms with Crippen LogP contribution in [0.25, 0.3) is 0 Å². The van der Waals surface area contributed by atoms with Crippen LogP contribution in [0.5, 0.6) is 0 Å². The topological polar surface area (TPSA) is 49.8 Å². The molecule has 212 valence electrons. The number of hydrogen-bond donors (Lipinski definition) is 1. The maximum Gasteiger partial charge on any atom is 0.278 e. The van der Waals surface area contributed by atoms with Gasteiger partial charge < -0.3 is 5.11 Å². The lowest BCUT2D eigenvalue weighted by Gasteiger charge is -2.73. The molecule has 7 rings (SSSR count). The number of nitrogens with zero attached hydrogens (tertiary/aromatic N) is 1. The zero-order chi connectivity index (χ0) is 27.8. The molecule has 1 amide bonds. The number of rotatable bonds is 5. The molecule has 2 spiro atoms. The van der Waals surface area contributed by atoms with Crippen molar-refractivity contribution in [2.24, 2.45) is 46.3 Å². The summed E-state index contributed by atoms with van der Waals surface area (Å²) in [5.74, 6) is 3.02. The highest BCUT2D eigenvalue weighted by Gasteiger charge is 2.76. The third kappa shape index (κ3) is 3.73. The first-order valence-corrected chi connectivity index (χ1v) is 15.6. The van der Waals surface area contributed by atoms with Crippen molar-refractivity contribution in [2.75, 3.05) is 0 Å². The van der Waals surface area contributed by atoms with Crippen LogP contribution in [-0.2, 0) is 4.84 Å². The Morgan fingerprint density at radius 3 is 2.44 bits per heavy atom. The summed E-state index contributed by atoms with van der Waals surface area (Å²) in [6.45, 7) is 14.3. The van der Waals surface area contributed by atoms with Gasteiger partial charge in [0.1, 0.15) is 5.60 Å². The van der Waals surface area contributed by atoms with Crippen LogP contribution in [-0.4, -0.2) is 33.3 Å². The zero-order valence-corrected chi connectivity index (χ0v) is 24.9. The van der Waals surface area contributed by atoms with E-state index >= 15 is 0 Å². The summed E-state index contributed by atoms with van der Waals surface area (Å²) in [4.78, 5) is 21.4. The number of hydroxylamine groups is 2. The van der Waals surface area contributed by atoms with Crippen molar-refractivity contribution in [3.63, 3.8) is 0 Å². The number of allylic oxidation sites excluding steroid dienone is 2. The average molecular weight is 532 g/mol. The Morgan fingerprint density at radius 2 is 1.72 bits per heavy atom. The van der Waals surface area contributed by atoms with Crippen LogP contribution in [0.2, 0.25) is 0 Å². The van der Waals surface area contributed by atoms with Gasteiger partial charge in [-0.15, -0.1) is 0 Å². The summed E-state index contributed by atoms with van der Waals surface area (Å²) < 4.78 is 0. The molecular weight excluding hydrogens is 482 g/mol. The van der Waals surface area contributed by atoms with Gasteiger partial charge in [-0.1, -0.05) is 84.0 Å². The van der Waals surface area contributed by atoms with E-state index in [2.05, 4.69) is 65.8 Å². The van der Waals surface area contributed by atoms with E-state index in [1.165, 1.54) is 12.8 Å². The van der Waals surface area contributed by atoms with Gasteiger partial charge in [0.15, 0.2) is 0 Å². The third-order valence-electron chi connectivity index (χ3n) is 12.6. The van der Waals surface area contributed by atoms with E-state index in [0.29, 0.717) is 47.5 Å². The van der Waals surface area contributed by atoms with Crippen molar-refractivity contribution in [2.45, 2.75) is 104 Å². The van der Waals surface area contributed by atoms with Crippen LogP contribution in [0.15, 0.2) is 54.6 Å². The van der Waals surface area contributed by atoms with Gasteiger partial charge in [-0.3, -0.25) is 9.63 Å². The van der Waals surface area contributed by atoms with Crippen LogP contribution >= 0.6 is 0 Å². The second-order valence-electron chi connectivity index (χ2n) is 14.7. The van der Waals surface area contributed by atoms with Crippen molar-refractivity contribution >= 4 is 5.91 Å². The van der Waals surface area contributed by atoms with E-state index in [0.717, 1.165) is 25.7 Å². The van der Waals surface area contributed by atoms with Crippen LogP contribution in [0.1, 0.15) is 96.8 Å². The average Bonchev–Trinajstić information content (AvgIpc) is 3.29. The number of benzene rings is 1. The molecule has 4 fully saturated rings. The van der Waals surface area contributed by atoms with Crippen LogP contribution < -0.4 is 0 Å². The molecule has 4 nitrogen and oxygen atoms in total. The van der Waals surface area contributed by atoms with E-state index in [9.17, 15) is 9.90 Å². The fraction of sp³-hybridized carbons (Fsp3) is 0.686. The molecule has 39 heavy (non-hydrogen) atoms. The number of fused-ring (bicyclic) bond motifs is 2. The molecule has 10 atom stereocenters. The van der Waals surface area contributed by atoms with Gasteiger partial charge in [-0.2, -0.15) is 0 Å². The van der Waals surface area contributed by atoms with Gasteiger partial charge in [0, 0.05) is 29.2 Å². The predicted octanol–water partition coefficient (Wildman–Crippen LogP) is 7.60. The Kier molecular flexibility index (Phi) is 6.51. The summed E-state index contributed by atoms with van der Waals surface area (Å²) in [5.41, 5.74) is -0.390. The normalized spacial score (nSPS) is 44.3. The van der Waals surface area contributed by atoms with E-state index < -0.39 is 17.2 Å². The minimum atomic E-state index is -0.612. The molecule has 0 radical (unpaired) electrons. The van der Waals surface area contributed by atoms with E-state index in [1.54, 1.807) is 5.06 Å². The quantitative estimate of drug-likeness (QED) is 0.398. The lowest BCUT2D eigenvalue weighted by atomic mass is 9.41. The first-order chi connectivity index (χ1) is 18.5. The maximum absolute atomic E-state index is 14.2. The Labute approximate surface area is 235 Å². The number of aliphatic hydroxyl groups is 1. The molecule has 3 saturated carbocycles. The maximum atomic E-state index is 14.2. The second kappa shape index (κ2) is 9.31. The Morgan fingerprint density at radius 1 is 0.974 bits per heavy atom. The van der Waals surface area contributed by atoms with Crippen molar-refractivity contribution in [3.8, 4) is 0 Å². The van der Waals surface area contributed by atoms with Gasteiger partial charge in [-0.25, -0.2) is 5.06 Å². The molecule has 0 aromatic heterocycles. The summed E-state index contributed by atoms with van der Waals surface area (Å²) >= 11 is 0. The van der Waals surface area contributed by atoms with Crippen molar-refractivity contribution in [3.05, 3.63) is 60.2 Å². The number of carbonyl (C=O) groups is 1. The summed E-state index contributed by atoms with van der Waals surface area (Å²) in [7, 11) is 0. The molecule has 2 aliphatic heterocycles. The largest absolute Gasteiger partial charge is 0.393 e. The first-order valence-electron chi connectivity index (χ1n) is 15.6. The highest BCUT2D eigenvalue weighted by atomic mass is 16.7. The number of hydrogen-bond acceptors (Lipinski definition) is 3. The van der Waals surface area contributed by atoms with Gasteiger partial charge in [0.25, 0.3) is 5.91 Å². The summed E-state index contributed by atoms with van der Waals surface area (Å²) in [5, 5.41) is 12.7. The SMILES string of the molecule is CC(C)[C@@H](C)/C=C/[C@@H](C)[C@H]1CC[C@@H]2[C@]1(C)CCC1[C@]23C=C[C@]2(C[C@@H](O)CC[C@]12C)N(C(=O)c1ccccc1)O3. The Bertz CT molecular complexity index is 1160. The highest BCUT2D eigenvalue weighted by Crippen LogP contribution is 2.73. The fourth-order valence-electron chi connectivity index (χ4n) is 9.99. The van der Waals surface area contributed by atoms with Gasteiger partial charge in [0.2, 0.25) is 0 Å². The number of aliphatic hydroxyl groups excluding tert-OH is 1. The molecule has 1 unspecified atom stereocenters. The molecule has 1 N–H and O–H groups in total. The smallest absolute Gasteiger partial charge is 0.278 e. The molecule has 1 aromatic rings. The molecule has 4 aliphatic carbocycles. The lowest BCUT2D eigenvalue weighted by molar-refractivity contribution is -0.380. The number of amides is 1. The van der Waals surface area contributed by atoms with E-state index in [1.807, 2.05) is 30.3 Å². The van der Waals surface area contributed by atoms with Crippen LogP contribution in [0.4, 0.5) is 0 Å². The second-order valence-corrected chi connectivity index (χ2v) is 14.7. The van der Waals surface area contributed by atoms with E-state index in [-0.39, 0.29) is 16.7 Å². The third-order valence-corrected chi connectivity index (χ3v) is 12.6. The van der Waals surface area contributed by atoms with Crippen molar-refractivity contribution in [1.29, 1.82) is 0 Å². The fourth-order valence-corrected chi connectivity index (χ4v) is 9.99. The molecular formula is C35H49NO3. The molecule has 2 heterocycles. The van der Waals surface area contributed by atoms with Gasteiger partial charge >= 0.3 is 0 Å². The Balaban J connectivity index is 1.40. The standard InChI is InChI=1S/C35H49NO3/c1-23(2)24(3)12-13-25(4)28-14-15-29-32(28,5)18-17-30-33(6)19-16-27(37)22-34(33)20-21-35(29,30)39-36(34)31(38)26-10-8-7-9-11-26/h7-13,20-21,23-25,27-30,37H,14-19,22H2,1-6H3/b13-12+/t24-,25+,27-,28+,29+,30?,32+,33+,34+,35-/m0/s1. The molecule has 4 heteroatoms. The van der Waals surface area contributed by atoms with Crippen molar-refractivity contribution < 1.29 is 14.7 Å². The lowest BCUT2D eigenvalue weighted by Crippen LogP contribution is -2.79. The first kappa shape index (κ1) is 27.3. The van der Waals surface area contributed by atoms with Crippen LogP contribution in [0.3, 0.4) is 0 Å². The molecule has 6 aliphatic rings. The molecule has 1 aromatic carbocycles. The zero-order valence-electron chi connectivity index (χ0n) is 24.9. The van der Waals surface area contributed by atoms with E-state index in [4.69, 9.17) is 4.84 Å². The molecule has 1 saturated heterocycles. The highest BCUT2D eigenvalue weighted by molar-refractivity contribution is 5.94. The van der Waals surface area contributed by atoms with Crippen molar-refractivity contribution in [1.82, 2.24) is 5.06 Å². The monoisotopic (exact) mass is 531 g/mol. The number of carbonyl (C=O) groups excluding carboxylic acids is 1. The van der Waals surface area contributed by atoms with Gasteiger partial charge in [-0.05, 0) is 79.7 Å². The predicted molar refractivity (Wildman–Crippen MR) is 156 cm³/mol. The minimum Gasteiger partial charge on any atom is -0.393 e. The molecule has 2 bridgehead atoms. The summed E-state index contributed by atoms with van der Waals surface area (Å²) in [6.07, 6.45) is 16.1. The van der Waals surface area contributed by atoms with Crippen LogP contribution in [0, 0.1) is 46.3 Å². The Hall–Kier alpha value is -1.91. The van der Waals surface area contributed by atoms with Gasteiger partial charge in [0.05, 0.1) is 11.6 Å². The summed E-state index contributed by atoms with van der Waals surface area (Å²) in [6, 6.07) is 9.58. The minimum absolute atomic E-state index is 0.0705.